The van der Waals surface area contributed by atoms with Crippen LogP contribution in [0, 0.1) is 0 Å². The van der Waals surface area contributed by atoms with Crippen LogP contribution in [0.1, 0.15) is 0 Å². The van der Waals surface area contributed by atoms with Gasteiger partial charge < -0.3 is 0 Å². The van der Waals surface area contributed by atoms with Gasteiger partial charge in [0.2, 0.25) is 0 Å². The van der Waals surface area contributed by atoms with Crippen molar-refractivity contribution in [2.24, 2.45) is 0 Å². The van der Waals surface area contributed by atoms with E-state index in [0.717, 1.165) is 0 Å². The minimum atomic E-state index is -3.25. The molecule has 54 valence electrons. The van der Waals surface area contributed by atoms with Gasteiger partial charge in [0, 0.05) is 0 Å². The Hall–Kier alpha value is 1.08. The fourth-order valence-corrected chi connectivity index (χ4v) is 24.9. The van der Waals surface area contributed by atoms with Gasteiger partial charge in [0.1, 0.15) is 0 Å². The van der Waals surface area contributed by atoms with Gasteiger partial charge in [-0.05, 0) is 0 Å². The van der Waals surface area contributed by atoms with Gasteiger partial charge in [-0.15, -0.1) is 0 Å². The van der Waals surface area contributed by atoms with E-state index in [-0.39, 0.29) is 0 Å². The molecule has 2 unspecified atom stereocenters. The Kier molecular flexibility index (Phi) is 3.88. The third kappa shape index (κ3) is 2.66. The molecule has 0 saturated heterocycles. The summed E-state index contributed by atoms with van der Waals surface area (Å²) in [4.78, 5) is 0. The third-order valence-electron chi connectivity index (χ3n) is 1.05. The van der Waals surface area contributed by atoms with Crippen LogP contribution in [0.15, 0.2) is 0 Å². The van der Waals surface area contributed by atoms with E-state index >= 15 is 0 Å². The molecule has 0 fully saturated rings. The monoisotopic (exact) mass is 318 g/mol. The molecule has 0 heterocycles. The van der Waals surface area contributed by atoms with Crippen LogP contribution >= 0.6 is 0 Å². The summed E-state index contributed by atoms with van der Waals surface area (Å²) in [6.45, 7) is 0. The van der Waals surface area contributed by atoms with E-state index in [4.69, 9.17) is 0 Å². The van der Waals surface area contributed by atoms with Crippen molar-refractivity contribution < 1.29 is 11.2 Å². The van der Waals surface area contributed by atoms with Gasteiger partial charge >= 0.3 is 62.8 Å². The van der Waals surface area contributed by atoms with Crippen LogP contribution in [0.3, 0.4) is 0 Å². The first kappa shape index (κ1) is 10.1. The van der Waals surface area contributed by atoms with Gasteiger partial charge in [-0.2, -0.15) is 0 Å². The Bertz CT molecular complexity index is 178. The van der Waals surface area contributed by atoms with Gasteiger partial charge in [0.05, 0.1) is 0 Å². The molecule has 0 aliphatic rings. The van der Waals surface area contributed by atoms with Gasteiger partial charge in [-0.1, -0.05) is 0 Å². The summed E-state index contributed by atoms with van der Waals surface area (Å²) in [7, 11) is -3.25. The van der Waals surface area contributed by atoms with Crippen molar-refractivity contribution >= 4 is 34.4 Å². The second kappa shape index (κ2) is 3.46. The molecule has 2 atom stereocenters. The van der Waals surface area contributed by atoms with E-state index in [1.54, 1.807) is 0 Å². The number of hydrogen-bond donors (Lipinski definition) is 0. The van der Waals surface area contributed by atoms with Crippen LogP contribution in [0.4, 0.5) is 0 Å². The number of rotatable bonds is 2. The van der Waals surface area contributed by atoms with Crippen molar-refractivity contribution in [2.75, 3.05) is 0 Å². The van der Waals surface area contributed by atoms with Crippen LogP contribution in [-0.2, 0) is 11.2 Å². The molecule has 0 aliphatic carbocycles. The predicted octanol–water partition coefficient (Wildman–Crippen LogP) is 0.253. The molecule has 0 aromatic rings. The zero-order valence-corrected chi connectivity index (χ0v) is 11.2. The first-order chi connectivity index (χ1) is 3.89. The molecular formula is C3H9As3O3. The average molecular weight is 318 g/mol. The maximum atomic E-state index is 11.2. The Morgan fingerprint density at radius 1 is 1.11 bits per heavy atom. The Balaban J connectivity index is 4.61. The topological polar surface area (TPSA) is 51.2 Å². The third-order valence-corrected chi connectivity index (χ3v) is 56.8. The second-order valence-electron chi connectivity index (χ2n) is 1.76. The molecule has 0 saturated carbocycles. The summed E-state index contributed by atoms with van der Waals surface area (Å²) in [5.74, 6) is 0. The van der Waals surface area contributed by atoms with Crippen LogP contribution in [-0.4, -0.2) is 34.4 Å². The SMILES string of the molecule is C[As](=O)[As](C)(=O)[As](C)=O. The number of hydrogen-bond acceptors (Lipinski definition) is 3. The summed E-state index contributed by atoms with van der Waals surface area (Å²) in [5, 5.41) is 0. The summed E-state index contributed by atoms with van der Waals surface area (Å²) in [6.07, 6.45) is 0. The van der Waals surface area contributed by atoms with Crippen LogP contribution < -0.4 is 0 Å². The van der Waals surface area contributed by atoms with Gasteiger partial charge in [0.25, 0.3) is 0 Å². The van der Waals surface area contributed by atoms with Gasteiger partial charge in [-0.3, -0.25) is 0 Å². The molecule has 0 aromatic carbocycles. The molecule has 6 heteroatoms. The molecule has 0 spiro atoms. The van der Waals surface area contributed by atoms with Gasteiger partial charge in [-0.25, -0.2) is 0 Å². The fourth-order valence-electron chi connectivity index (χ4n) is 0.177. The van der Waals surface area contributed by atoms with E-state index in [1.807, 2.05) is 0 Å². The van der Waals surface area contributed by atoms with Crippen LogP contribution in [0.25, 0.3) is 0 Å². The van der Waals surface area contributed by atoms with E-state index < -0.39 is 34.4 Å². The molecular weight excluding hydrogens is 309 g/mol. The molecule has 0 aromatic heterocycles. The zero-order chi connectivity index (χ0) is 7.65. The maximum absolute atomic E-state index is 11.2. The molecule has 9 heavy (non-hydrogen) atoms. The first-order valence-corrected chi connectivity index (χ1v) is 20.6. The van der Waals surface area contributed by atoms with Gasteiger partial charge in [0.15, 0.2) is 0 Å². The fraction of sp³-hybridized carbons (Fsp3) is 1.00. The Morgan fingerprint density at radius 2 is 1.33 bits per heavy atom. The Labute approximate surface area is 62.4 Å². The quantitative estimate of drug-likeness (QED) is 0.686. The molecule has 3 nitrogen and oxygen atoms in total. The summed E-state index contributed by atoms with van der Waals surface area (Å²) in [6, 6.07) is 0. The molecule has 0 aliphatic heterocycles. The standard InChI is InChI=1S/C3H9As3O3/c1-4(7)6(3,9)5(2)8/h1-3H3. The molecule has 2 radical (unpaired) electrons. The zero-order valence-electron chi connectivity index (χ0n) is 5.57. The van der Waals surface area contributed by atoms with E-state index in [1.165, 1.54) is 17.1 Å². The van der Waals surface area contributed by atoms with Crippen LogP contribution in [0.2, 0.25) is 17.1 Å². The summed E-state index contributed by atoms with van der Waals surface area (Å²) in [5.41, 5.74) is 4.42. The van der Waals surface area contributed by atoms with Crippen molar-refractivity contribution in [2.45, 2.75) is 17.1 Å². The predicted molar refractivity (Wildman–Crippen MR) is 36.9 cm³/mol. The molecule has 0 N–H and O–H groups in total. The first-order valence-electron chi connectivity index (χ1n) is 2.29. The molecule has 0 rings (SSSR count). The van der Waals surface area contributed by atoms with E-state index in [2.05, 4.69) is 0 Å². The summed E-state index contributed by atoms with van der Waals surface area (Å²) < 4.78 is 32.7. The van der Waals surface area contributed by atoms with Crippen molar-refractivity contribution in [3.63, 3.8) is 0 Å². The van der Waals surface area contributed by atoms with Crippen LogP contribution in [0.5, 0.6) is 0 Å². The van der Waals surface area contributed by atoms with Crippen molar-refractivity contribution in [3.8, 4) is 0 Å². The normalized spacial score (nSPS) is 20.3. The van der Waals surface area contributed by atoms with Crippen molar-refractivity contribution in [3.05, 3.63) is 0 Å². The average Bonchev–Trinajstić information content (AvgIpc) is 1.65. The van der Waals surface area contributed by atoms with E-state index in [9.17, 15) is 11.2 Å². The Morgan fingerprint density at radius 3 is 1.33 bits per heavy atom. The van der Waals surface area contributed by atoms with Crippen molar-refractivity contribution in [1.82, 2.24) is 0 Å². The second-order valence-corrected chi connectivity index (χ2v) is 45.8. The van der Waals surface area contributed by atoms with E-state index in [0.29, 0.717) is 0 Å². The molecule has 0 amide bonds. The van der Waals surface area contributed by atoms with Crippen molar-refractivity contribution in [1.29, 1.82) is 0 Å². The minimum absolute atomic E-state index is 1.46. The summed E-state index contributed by atoms with van der Waals surface area (Å²) >= 11 is -4.76. The molecule has 0 bridgehead atoms.